The van der Waals surface area contributed by atoms with Crippen molar-refractivity contribution < 1.29 is 9.53 Å². The third-order valence-electron chi connectivity index (χ3n) is 4.72. The van der Waals surface area contributed by atoms with Crippen molar-refractivity contribution in [2.45, 2.75) is 45.6 Å². The summed E-state index contributed by atoms with van der Waals surface area (Å²) in [5, 5.41) is 0. The Morgan fingerprint density at radius 1 is 1.47 bits per heavy atom. The number of methoxy groups -OCH3 is 1. The van der Waals surface area contributed by atoms with E-state index in [1.807, 2.05) is 6.92 Å². The molecular weight excluding hydrogens is 190 g/mol. The molecular formula is C12H21NO2. The number of ether oxygens (including phenoxy) is 1. The molecule has 4 atom stereocenters. The highest BCUT2D eigenvalue weighted by Crippen LogP contribution is 2.60. The number of hydrogen-bond acceptors (Lipinski definition) is 2. The van der Waals surface area contributed by atoms with Gasteiger partial charge < -0.3 is 10.5 Å². The zero-order valence-corrected chi connectivity index (χ0v) is 9.88. The Hall–Kier alpha value is -0.570. The van der Waals surface area contributed by atoms with Crippen molar-refractivity contribution in [3.8, 4) is 0 Å². The number of nitrogens with two attached hydrogens (primary N) is 1. The summed E-state index contributed by atoms with van der Waals surface area (Å²) in [6.45, 7) is 4.25. The fourth-order valence-corrected chi connectivity index (χ4v) is 4.04. The van der Waals surface area contributed by atoms with Crippen LogP contribution in [0.1, 0.15) is 39.5 Å². The lowest BCUT2D eigenvalue weighted by Crippen LogP contribution is -2.41. The van der Waals surface area contributed by atoms with Gasteiger partial charge in [-0.2, -0.15) is 0 Å². The number of carbonyl (C=O) groups is 1. The standard InChI is InChI=1S/C12H21NO2/c1-11-6-4-5-8(9(11)15-3)12(2,7-11)10(13)14/h8-9H,4-7H2,1-3H3,(H2,13,14)/t8-,9+,11-,12+/m0/s1. The van der Waals surface area contributed by atoms with Gasteiger partial charge in [0.1, 0.15) is 0 Å². The number of rotatable bonds is 2. The molecule has 2 aliphatic rings. The van der Waals surface area contributed by atoms with E-state index in [2.05, 4.69) is 6.92 Å². The molecule has 0 aromatic rings. The van der Waals surface area contributed by atoms with E-state index in [-0.39, 0.29) is 22.8 Å². The molecule has 2 aliphatic carbocycles. The molecule has 2 rings (SSSR count). The van der Waals surface area contributed by atoms with Gasteiger partial charge in [-0.3, -0.25) is 4.79 Å². The zero-order valence-electron chi connectivity index (χ0n) is 9.88. The van der Waals surface area contributed by atoms with Crippen molar-refractivity contribution >= 4 is 5.91 Å². The average molecular weight is 211 g/mol. The fraction of sp³-hybridized carbons (Fsp3) is 0.917. The summed E-state index contributed by atoms with van der Waals surface area (Å²) in [7, 11) is 1.76. The second-order valence-electron chi connectivity index (χ2n) is 5.77. The van der Waals surface area contributed by atoms with E-state index in [9.17, 15) is 4.79 Å². The van der Waals surface area contributed by atoms with Crippen molar-refractivity contribution in [1.82, 2.24) is 0 Å². The quantitative estimate of drug-likeness (QED) is 0.756. The van der Waals surface area contributed by atoms with Gasteiger partial charge in [0, 0.05) is 7.11 Å². The van der Waals surface area contributed by atoms with Crippen molar-refractivity contribution in [3.63, 3.8) is 0 Å². The van der Waals surface area contributed by atoms with Crippen molar-refractivity contribution in [3.05, 3.63) is 0 Å². The summed E-state index contributed by atoms with van der Waals surface area (Å²) in [6, 6.07) is 0. The molecule has 0 saturated heterocycles. The van der Waals surface area contributed by atoms with Gasteiger partial charge in [-0.1, -0.05) is 20.3 Å². The van der Waals surface area contributed by atoms with Gasteiger partial charge in [0.2, 0.25) is 5.91 Å². The van der Waals surface area contributed by atoms with E-state index in [0.717, 1.165) is 19.3 Å². The normalized spacial score (nSPS) is 49.3. The predicted molar refractivity (Wildman–Crippen MR) is 58.2 cm³/mol. The van der Waals surface area contributed by atoms with Gasteiger partial charge in [-0.05, 0) is 30.6 Å². The third kappa shape index (κ3) is 1.32. The highest BCUT2D eigenvalue weighted by molar-refractivity contribution is 5.81. The molecule has 0 heterocycles. The predicted octanol–water partition coefficient (Wildman–Crippen LogP) is 1.70. The van der Waals surface area contributed by atoms with E-state index in [0.29, 0.717) is 5.92 Å². The van der Waals surface area contributed by atoms with Gasteiger partial charge in [-0.15, -0.1) is 0 Å². The molecule has 2 fully saturated rings. The smallest absolute Gasteiger partial charge is 0.223 e. The maximum Gasteiger partial charge on any atom is 0.223 e. The fourth-order valence-electron chi connectivity index (χ4n) is 4.04. The summed E-state index contributed by atoms with van der Waals surface area (Å²) in [4.78, 5) is 11.6. The minimum atomic E-state index is -0.355. The van der Waals surface area contributed by atoms with E-state index in [1.165, 1.54) is 6.42 Å². The molecule has 0 radical (unpaired) electrons. The topological polar surface area (TPSA) is 52.3 Å². The zero-order chi connectivity index (χ0) is 11.3. The molecule has 2 saturated carbocycles. The van der Waals surface area contributed by atoms with E-state index < -0.39 is 0 Å². The lowest BCUT2D eigenvalue weighted by Gasteiger charge is -2.38. The molecule has 1 amide bonds. The van der Waals surface area contributed by atoms with Gasteiger partial charge in [-0.25, -0.2) is 0 Å². The van der Waals surface area contributed by atoms with Crippen LogP contribution in [-0.2, 0) is 9.53 Å². The molecule has 2 N–H and O–H groups in total. The van der Waals surface area contributed by atoms with Gasteiger partial charge in [0.05, 0.1) is 11.5 Å². The summed E-state index contributed by atoms with van der Waals surface area (Å²) in [6.07, 6.45) is 4.53. The summed E-state index contributed by atoms with van der Waals surface area (Å²) in [5.74, 6) is 0.166. The molecule has 0 unspecified atom stereocenters. The Morgan fingerprint density at radius 2 is 2.13 bits per heavy atom. The van der Waals surface area contributed by atoms with E-state index >= 15 is 0 Å². The van der Waals surface area contributed by atoms with E-state index in [1.54, 1.807) is 7.11 Å². The Bertz CT molecular complexity index is 291. The average Bonchev–Trinajstić information content (AvgIpc) is 2.27. The Balaban J connectivity index is 2.38. The highest BCUT2D eigenvalue weighted by atomic mass is 16.5. The van der Waals surface area contributed by atoms with Gasteiger partial charge >= 0.3 is 0 Å². The first kappa shape index (κ1) is 10.9. The molecule has 86 valence electrons. The van der Waals surface area contributed by atoms with Crippen LogP contribution >= 0.6 is 0 Å². The van der Waals surface area contributed by atoms with Crippen LogP contribution in [0.3, 0.4) is 0 Å². The summed E-state index contributed by atoms with van der Waals surface area (Å²) < 4.78 is 5.62. The molecule has 0 spiro atoms. The van der Waals surface area contributed by atoms with Crippen LogP contribution in [0.5, 0.6) is 0 Å². The van der Waals surface area contributed by atoms with Crippen LogP contribution in [0.25, 0.3) is 0 Å². The number of fused-ring (bicyclic) bond motifs is 2. The maximum absolute atomic E-state index is 11.6. The van der Waals surface area contributed by atoms with Crippen LogP contribution in [0.4, 0.5) is 0 Å². The Kier molecular flexibility index (Phi) is 2.34. The highest BCUT2D eigenvalue weighted by Gasteiger charge is 2.61. The Morgan fingerprint density at radius 3 is 2.60 bits per heavy atom. The van der Waals surface area contributed by atoms with E-state index in [4.69, 9.17) is 10.5 Å². The first-order chi connectivity index (χ1) is 6.94. The molecule has 2 bridgehead atoms. The largest absolute Gasteiger partial charge is 0.381 e. The lowest BCUT2D eigenvalue weighted by molar-refractivity contribution is -0.130. The van der Waals surface area contributed by atoms with Crippen molar-refractivity contribution in [1.29, 1.82) is 0 Å². The van der Waals surface area contributed by atoms with Crippen LogP contribution in [0.15, 0.2) is 0 Å². The van der Waals surface area contributed by atoms with Gasteiger partial charge in [0.25, 0.3) is 0 Å². The second-order valence-corrected chi connectivity index (χ2v) is 5.77. The first-order valence-corrected chi connectivity index (χ1v) is 5.77. The third-order valence-corrected chi connectivity index (χ3v) is 4.72. The summed E-state index contributed by atoms with van der Waals surface area (Å²) >= 11 is 0. The van der Waals surface area contributed by atoms with Crippen LogP contribution in [0.2, 0.25) is 0 Å². The molecule has 3 heteroatoms. The lowest BCUT2D eigenvalue weighted by atomic mass is 9.73. The number of amides is 1. The second kappa shape index (κ2) is 3.21. The Labute approximate surface area is 91.4 Å². The maximum atomic E-state index is 11.6. The van der Waals surface area contributed by atoms with Crippen molar-refractivity contribution in [2.75, 3.05) is 7.11 Å². The summed E-state index contributed by atoms with van der Waals surface area (Å²) in [5.41, 5.74) is 5.37. The van der Waals surface area contributed by atoms with Crippen LogP contribution in [-0.4, -0.2) is 19.1 Å². The number of hydrogen-bond donors (Lipinski definition) is 1. The molecule has 15 heavy (non-hydrogen) atoms. The molecule has 3 nitrogen and oxygen atoms in total. The van der Waals surface area contributed by atoms with Crippen molar-refractivity contribution in [2.24, 2.45) is 22.5 Å². The minimum Gasteiger partial charge on any atom is -0.381 e. The minimum absolute atomic E-state index is 0.153. The first-order valence-electron chi connectivity index (χ1n) is 5.77. The SMILES string of the molecule is CO[C@@H]1[C@@H]2CCC[C@@]1(C)C[C@@]2(C)C(N)=O. The van der Waals surface area contributed by atoms with Gasteiger partial charge in [0.15, 0.2) is 0 Å². The molecule has 0 aromatic carbocycles. The molecule has 0 aliphatic heterocycles. The van der Waals surface area contributed by atoms with Crippen LogP contribution in [0, 0.1) is 16.7 Å². The molecule has 0 aromatic heterocycles. The number of primary amides is 1. The number of carbonyl (C=O) groups excluding carboxylic acids is 1. The monoisotopic (exact) mass is 211 g/mol. The van der Waals surface area contributed by atoms with Crippen LogP contribution < -0.4 is 5.73 Å².